The topological polar surface area (TPSA) is 29.5 Å². The Labute approximate surface area is 68.6 Å². The minimum atomic E-state index is -0.0483. The predicted octanol–water partition coefficient (Wildman–Crippen LogP) is 1.72. The highest BCUT2D eigenvalue weighted by Crippen LogP contribution is 2.19. The van der Waals surface area contributed by atoms with Gasteiger partial charge in [0.1, 0.15) is 0 Å². The van der Waals surface area contributed by atoms with E-state index < -0.39 is 0 Å². The fraction of sp³-hybridized carbons (Fsp3) is 1.00. The summed E-state index contributed by atoms with van der Waals surface area (Å²) >= 11 is 0. The third kappa shape index (κ3) is 3.21. The van der Waals surface area contributed by atoms with Gasteiger partial charge in [-0.1, -0.05) is 0 Å². The van der Waals surface area contributed by atoms with Crippen LogP contribution in [0.5, 0.6) is 0 Å². The first-order chi connectivity index (χ1) is 5.33. The molecule has 0 aliphatic heterocycles. The Bertz CT molecular complexity index is 93.7. The minimum absolute atomic E-state index is 0.0483. The zero-order valence-corrected chi connectivity index (χ0v) is 7.25. The van der Waals surface area contributed by atoms with Crippen molar-refractivity contribution in [3.63, 3.8) is 0 Å². The summed E-state index contributed by atoms with van der Waals surface area (Å²) in [4.78, 5) is 0. The molecule has 11 heavy (non-hydrogen) atoms. The highest BCUT2D eigenvalue weighted by molar-refractivity contribution is 4.66. The molecule has 0 aromatic rings. The number of aliphatic hydroxyl groups is 1. The van der Waals surface area contributed by atoms with E-state index >= 15 is 0 Å². The second kappa shape index (κ2) is 4.73. The van der Waals surface area contributed by atoms with Crippen LogP contribution in [-0.2, 0) is 4.74 Å². The van der Waals surface area contributed by atoms with Crippen LogP contribution in [0, 0.1) is 0 Å². The molecule has 1 N–H and O–H groups in total. The van der Waals surface area contributed by atoms with Gasteiger partial charge in [-0.3, -0.25) is 0 Å². The molecule has 1 fully saturated rings. The fourth-order valence-corrected chi connectivity index (χ4v) is 1.69. The van der Waals surface area contributed by atoms with Crippen molar-refractivity contribution < 1.29 is 9.84 Å². The molecule has 0 unspecified atom stereocenters. The van der Waals surface area contributed by atoms with E-state index in [0.717, 1.165) is 38.5 Å². The van der Waals surface area contributed by atoms with Crippen molar-refractivity contribution in [2.24, 2.45) is 0 Å². The number of hydrogen-bond donors (Lipinski definition) is 1. The van der Waals surface area contributed by atoms with Crippen molar-refractivity contribution in [3.8, 4) is 0 Å². The molecule has 0 spiro atoms. The zero-order chi connectivity index (χ0) is 8.10. The Morgan fingerprint density at radius 3 is 2.09 bits per heavy atom. The van der Waals surface area contributed by atoms with Crippen LogP contribution < -0.4 is 0 Å². The second-order valence-electron chi connectivity index (χ2n) is 3.37. The van der Waals surface area contributed by atoms with E-state index in [1.165, 1.54) is 0 Å². The van der Waals surface area contributed by atoms with E-state index in [9.17, 15) is 5.11 Å². The van der Waals surface area contributed by atoms with Crippen LogP contribution in [0.15, 0.2) is 0 Å². The molecule has 0 bridgehead atoms. The number of hydrogen-bond acceptors (Lipinski definition) is 2. The maximum absolute atomic E-state index is 9.33. The molecule has 1 rings (SSSR count). The maximum Gasteiger partial charge on any atom is 0.0571 e. The second-order valence-corrected chi connectivity index (χ2v) is 3.37. The summed E-state index contributed by atoms with van der Waals surface area (Å²) in [5.41, 5.74) is 0. The van der Waals surface area contributed by atoms with Gasteiger partial charge in [0, 0.05) is 7.11 Å². The third-order valence-electron chi connectivity index (χ3n) is 2.46. The van der Waals surface area contributed by atoms with Crippen molar-refractivity contribution >= 4 is 0 Å². The molecule has 1 aliphatic rings. The van der Waals surface area contributed by atoms with Crippen LogP contribution in [0.2, 0.25) is 0 Å². The molecule has 1 aliphatic carbocycles. The predicted molar refractivity (Wildman–Crippen MR) is 44.5 cm³/mol. The van der Waals surface area contributed by atoms with Crippen LogP contribution in [0.3, 0.4) is 0 Å². The summed E-state index contributed by atoms with van der Waals surface area (Å²) in [6, 6.07) is 0. The normalized spacial score (nSPS) is 34.4. The molecule has 66 valence electrons. The van der Waals surface area contributed by atoms with Gasteiger partial charge in [0.15, 0.2) is 0 Å². The van der Waals surface area contributed by atoms with Crippen molar-refractivity contribution in [2.45, 2.75) is 50.7 Å². The standard InChI is InChI=1S/C9H18O2/c1-11-9-6-2-4-8(10)5-3-7-9/h8-10H,2-7H2,1H3. The van der Waals surface area contributed by atoms with Gasteiger partial charge in [-0.25, -0.2) is 0 Å². The first-order valence-electron chi connectivity index (χ1n) is 4.54. The van der Waals surface area contributed by atoms with E-state index in [-0.39, 0.29) is 6.10 Å². The molecule has 1 saturated carbocycles. The van der Waals surface area contributed by atoms with Gasteiger partial charge >= 0.3 is 0 Å². The lowest BCUT2D eigenvalue weighted by atomic mass is 9.97. The highest BCUT2D eigenvalue weighted by Gasteiger charge is 2.13. The van der Waals surface area contributed by atoms with Crippen LogP contribution in [-0.4, -0.2) is 24.4 Å². The molecular weight excluding hydrogens is 140 g/mol. The summed E-state index contributed by atoms with van der Waals surface area (Å²) in [6.07, 6.45) is 6.77. The molecule has 0 aromatic heterocycles. The molecule has 0 amide bonds. The summed E-state index contributed by atoms with van der Waals surface area (Å²) in [5.74, 6) is 0. The molecule has 0 heterocycles. The number of ether oxygens (including phenoxy) is 1. The van der Waals surface area contributed by atoms with E-state index in [1.54, 1.807) is 7.11 Å². The Morgan fingerprint density at radius 2 is 1.64 bits per heavy atom. The van der Waals surface area contributed by atoms with E-state index in [1.807, 2.05) is 0 Å². The third-order valence-corrected chi connectivity index (χ3v) is 2.46. The van der Waals surface area contributed by atoms with Crippen LogP contribution >= 0.6 is 0 Å². The Morgan fingerprint density at radius 1 is 1.09 bits per heavy atom. The van der Waals surface area contributed by atoms with Crippen LogP contribution in [0.25, 0.3) is 0 Å². The first-order valence-corrected chi connectivity index (χ1v) is 4.54. The molecule has 0 atom stereocenters. The van der Waals surface area contributed by atoms with Gasteiger partial charge in [-0.15, -0.1) is 0 Å². The molecule has 0 aromatic carbocycles. The monoisotopic (exact) mass is 158 g/mol. The van der Waals surface area contributed by atoms with Crippen molar-refractivity contribution in [2.75, 3.05) is 7.11 Å². The van der Waals surface area contributed by atoms with E-state index in [2.05, 4.69) is 0 Å². The van der Waals surface area contributed by atoms with Gasteiger partial charge in [0.2, 0.25) is 0 Å². The Balaban J connectivity index is 2.22. The largest absolute Gasteiger partial charge is 0.393 e. The van der Waals surface area contributed by atoms with Crippen LogP contribution in [0.4, 0.5) is 0 Å². The molecule has 2 heteroatoms. The van der Waals surface area contributed by atoms with Gasteiger partial charge in [0.25, 0.3) is 0 Å². The van der Waals surface area contributed by atoms with Crippen LogP contribution in [0.1, 0.15) is 38.5 Å². The van der Waals surface area contributed by atoms with Crippen molar-refractivity contribution in [1.29, 1.82) is 0 Å². The van der Waals surface area contributed by atoms with Crippen molar-refractivity contribution in [1.82, 2.24) is 0 Å². The number of aliphatic hydroxyl groups excluding tert-OH is 1. The van der Waals surface area contributed by atoms with Gasteiger partial charge < -0.3 is 9.84 Å². The maximum atomic E-state index is 9.33. The zero-order valence-electron chi connectivity index (χ0n) is 7.25. The Hall–Kier alpha value is -0.0800. The molecule has 2 nitrogen and oxygen atoms in total. The van der Waals surface area contributed by atoms with E-state index in [4.69, 9.17) is 4.74 Å². The SMILES string of the molecule is COC1CCCC(O)CCC1. The van der Waals surface area contributed by atoms with Crippen molar-refractivity contribution in [3.05, 3.63) is 0 Å². The lowest BCUT2D eigenvalue weighted by Gasteiger charge is -2.20. The summed E-state index contributed by atoms with van der Waals surface area (Å²) in [6.45, 7) is 0. The highest BCUT2D eigenvalue weighted by atomic mass is 16.5. The summed E-state index contributed by atoms with van der Waals surface area (Å²) in [7, 11) is 1.78. The number of methoxy groups -OCH3 is 1. The quantitative estimate of drug-likeness (QED) is 0.629. The average Bonchev–Trinajstić information content (AvgIpc) is 1.96. The Kier molecular flexibility index (Phi) is 3.87. The number of rotatable bonds is 1. The summed E-state index contributed by atoms with van der Waals surface area (Å²) < 4.78 is 5.28. The molecular formula is C9H18O2. The van der Waals surface area contributed by atoms with E-state index in [0.29, 0.717) is 6.10 Å². The minimum Gasteiger partial charge on any atom is -0.393 e. The van der Waals surface area contributed by atoms with Gasteiger partial charge in [-0.05, 0) is 38.5 Å². The first kappa shape index (κ1) is 9.01. The fourth-order valence-electron chi connectivity index (χ4n) is 1.69. The average molecular weight is 158 g/mol. The lowest BCUT2D eigenvalue weighted by Crippen LogP contribution is -2.17. The smallest absolute Gasteiger partial charge is 0.0571 e. The summed E-state index contributed by atoms with van der Waals surface area (Å²) in [5, 5.41) is 9.33. The lowest BCUT2D eigenvalue weighted by molar-refractivity contribution is 0.0594. The van der Waals surface area contributed by atoms with Gasteiger partial charge in [-0.2, -0.15) is 0 Å². The molecule has 0 saturated heterocycles. The molecule has 0 radical (unpaired) electrons. The van der Waals surface area contributed by atoms with Gasteiger partial charge in [0.05, 0.1) is 12.2 Å².